The van der Waals surface area contributed by atoms with Crippen molar-refractivity contribution in [2.75, 3.05) is 0 Å². The molecule has 5 heteroatoms. The highest BCUT2D eigenvalue weighted by Crippen LogP contribution is 2.11. The Morgan fingerprint density at radius 3 is 3.21 bits per heavy atom. The van der Waals surface area contributed by atoms with Crippen molar-refractivity contribution in [2.24, 2.45) is 0 Å². The van der Waals surface area contributed by atoms with Crippen molar-refractivity contribution < 1.29 is 0 Å². The molecule has 0 aliphatic rings. The van der Waals surface area contributed by atoms with Gasteiger partial charge >= 0.3 is 0 Å². The van der Waals surface area contributed by atoms with Gasteiger partial charge in [-0.3, -0.25) is 0 Å². The Bertz CT molecular complexity index is 497. The first-order chi connectivity index (χ1) is 6.79. The molecule has 0 saturated carbocycles. The minimum atomic E-state index is 0.456. The van der Waals surface area contributed by atoms with Crippen LogP contribution in [-0.4, -0.2) is 14.6 Å². The molecule has 0 spiro atoms. The van der Waals surface area contributed by atoms with Crippen molar-refractivity contribution >= 4 is 21.6 Å². The molecule has 0 aliphatic heterocycles. The molecule has 2 rings (SSSR count). The summed E-state index contributed by atoms with van der Waals surface area (Å²) in [5, 5.41) is 12.7. The van der Waals surface area contributed by atoms with Crippen molar-refractivity contribution in [3.05, 3.63) is 28.6 Å². The first-order valence-electron chi connectivity index (χ1n) is 4.17. The van der Waals surface area contributed by atoms with Gasteiger partial charge in [0.1, 0.15) is 0 Å². The third kappa shape index (κ3) is 1.75. The predicted octanol–water partition coefficient (Wildman–Crippen LogP) is 1.95. The molecule has 0 aliphatic carbocycles. The molecule has 0 aromatic carbocycles. The smallest absolute Gasteiger partial charge is 0.156 e. The summed E-state index contributed by atoms with van der Waals surface area (Å²) in [6.45, 7) is 0. The van der Waals surface area contributed by atoms with E-state index in [2.05, 4.69) is 32.1 Å². The molecule has 0 atom stereocenters. The molecule has 0 saturated heterocycles. The summed E-state index contributed by atoms with van der Waals surface area (Å²) in [6, 6.07) is 5.86. The molecular formula is C9H7BrN4. The predicted molar refractivity (Wildman–Crippen MR) is 54.6 cm³/mol. The molecular weight excluding hydrogens is 244 g/mol. The van der Waals surface area contributed by atoms with Gasteiger partial charge in [0.2, 0.25) is 0 Å². The minimum Gasteiger partial charge on any atom is -0.221 e. The van der Waals surface area contributed by atoms with Crippen LogP contribution in [0.25, 0.3) is 5.65 Å². The highest BCUT2D eigenvalue weighted by atomic mass is 79.9. The minimum absolute atomic E-state index is 0.456. The van der Waals surface area contributed by atoms with E-state index >= 15 is 0 Å². The van der Waals surface area contributed by atoms with E-state index in [1.54, 1.807) is 4.52 Å². The van der Waals surface area contributed by atoms with Gasteiger partial charge in [-0.1, -0.05) is 15.9 Å². The zero-order chi connectivity index (χ0) is 9.97. The third-order valence-electron chi connectivity index (χ3n) is 1.80. The summed E-state index contributed by atoms with van der Waals surface area (Å²) >= 11 is 3.36. The second-order valence-electron chi connectivity index (χ2n) is 2.83. The summed E-state index contributed by atoms with van der Waals surface area (Å²) in [5.41, 5.74) is 0.798. The number of aryl methyl sites for hydroxylation is 1. The lowest BCUT2D eigenvalue weighted by molar-refractivity contribution is 0.854. The summed E-state index contributed by atoms with van der Waals surface area (Å²) < 4.78 is 2.68. The fourth-order valence-electron chi connectivity index (χ4n) is 1.18. The largest absolute Gasteiger partial charge is 0.221 e. The maximum Gasteiger partial charge on any atom is 0.156 e. The van der Waals surface area contributed by atoms with Crippen molar-refractivity contribution in [1.29, 1.82) is 5.26 Å². The van der Waals surface area contributed by atoms with Gasteiger partial charge in [-0.15, -0.1) is 0 Å². The van der Waals surface area contributed by atoms with Crippen molar-refractivity contribution in [1.82, 2.24) is 14.6 Å². The van der Waals surface area contributed by atoms with Crippen LogP contribution in [0, 0.1) is 11.3 Å². The summed E-state index contributed by atoms with van der Waals surface area (Å²) in [4.78, 5) is 4.28. The zero-order valence-electron chi connectivity index (χ0n) is 7.31. The Balaban J connectivity index is 2.37. The Kier molecular flexibility index (Phi) is 2.46. The average molecular weight is 251 g/mol. The van der Waals surface area contributed by atoms with E-state index in [0.717, 1.165) is 10.1 Å². The number of nitriles is 1. The molecule has 0 radical (unpaired) electrons. The van der Waals surface area contributed by atoms with Gasteiger partial charge in [0, 0.05) is 23.5 Å². The van der Waals surface area contributed by atoms with Crippen LogP contribution in [0.15, 0.2) is 22.8 Å². The van der Waals surface area contributed by atoms with Crippen LogP contribution in [0.4, 0.5) is 0 Å². The first kappa shape index (κ1) is 9.16. The molecule has 0 bridgehead atoms. The number of nitrogens with zero attached hydrogens (tertiary/aromatic N) is 4. The van der Waals surface area contributed by atoms with Crippen LogP contribution < -0.4 is 0 Å². The first-order valence-corrected chi connectivity index (χ1v) is 4.96. The Morgan fingerprint density at radius 2 is 2.43 bits per heavy atom. The lowest BCUT2D eigenvalue weighted by Gasteiger charge is -1.89. The summed E-state index contributed by atoms with van der Waals surface area (Å²) in [5.74, 6) is 0.713. The van der Waals surface area contributed by atoms with Crippen molar-refractivity contribution in [3.63, 3.8) is 0 Å². The topological polar surface area (TPSA) is 54.0 Å². The zero-order valence-corrected chi connectivity index (χ0v) is 8.90. The fourth-order valence-corrected chi connectivity index (χ4v) is 1.50. The Hall–Kier alpha value is -1.41. The van der Waals surface area contributed by atoms with Gasteiger partial charge in [-0.25, -0.2) is 9.50 Å². The normalized spacial score (nSPS) is 10.3. The summed E-state index contributed by atoms with van der Waals surface area (Å²) in [7, 11) is 0. The van der Waals surface area contributed by atoms with E-state index in [4.69, 9.17) is 5.26 Å². The molecule has 0 unspecified atom stereocenters. The fraction of sp³-hybridized carbons (Fsp3) is 0.222. The molecule has 2 heterocycles. The Morgan fingerprint density at radius 1 is 1.57 bits per heavy atom. The molecule has 2 aromatic rings. The summed E-state index contributed by atoms with van der Waals surface area (Å²) in [6.07, 6.45) is 2.90. The number of rotatable bonds is 2. The Labute approximate surface area is 89.3 Å². The van der Waals surface area contributed by atoms with Gasteiger partial charge < -0.3 is 0 Å². The van der Waals surface area contributed by atoms with Gasteiger partial charge in [0.25, 0.3) is 0 Å². The SMILES string of the molecule is N#CCCc1nc2cc(Br)ccn2n1. The van der Waals surface area contributed by atoms with Gasteiger partial charge in [0.05, 0.1) is 6.07 Å². The lowest BCUT2D eigenvalue weighted by atomic mass is 10.3. The van der Waals surface area contributed by atoms with Crippen LogP contribution in [0.3, 0.4) is 0 Å². The molecule has 0 amide bonds. The number of halogens is 1. The highest BCUT2D eigenvalue weighted by molar-refractivity contribution is 9.10. The van der Waals surface area contributed by atoms with Gasteiger partial charge in [-0.2, -0.15) is 10.4 Å². The molecule has 14 heavy (non-hydrogen) atoms. The number of hydrogen-bond acceptors (Lipinski definition) is 3. The van der Waals surface area contributed by atoms with Gasteiger partial charge in [0.15, 0.2) is 11.5 Å². The van der Waals surface area contributed by atoms with Gasteiger partial charge in [-0.05, 0) is 12.1 Å². The van der Waals surface area contributed by atoms with E-state index in [-0.39, 0.29) is 0 Å². The maximum absolute atomic E-state index is 8.43. The van der Waals surface area contributed by atoms with E-state index in [1.807, 2.05) is 18.3 Å². The average Bonchev–Trinajstić information content (AvgIpc) is 2.56. The molecule has 0 fully saturated rings. The number of hydrogen-bond donors (Lipinski definition) is 0. The van der Waals surface area contributed by atoms with Crippen molar-refractivity contribution in [2.45, 2.75) is 12.8 Å². The molecule has 70 valence electrons. The quantitative estimate of drug-likeness (QED) is 0.819. The molecule has 2 aromatic heterocycles. The standard InChI is InChI=1S/C9H7BrN4/c10-7-3-5-14-9(6-7)12-8(13-14)2-1-4-11/h3,5-6H,1-2H2. The number of aromatic nitrogens is 3. The monoisotopic (exact) mass is 250 g/mol. The van der Waals surface area contributed by atoms with Crippen LogP contribution in [-0.2, 0) is 6.42 Å². The van der Waals surface area contributed by atoms with Crippen LogP contribution in [0.1, 0.15) is 12.2 Å². The number of fused-ring (bicyclic) bond motifs is 1. The van der Waals surface area contributed by atoms with E-state index in [9.17, 15) is 0 Å². The second-order valence-corrected chi connectivity index (χ2v) is 3.75. The number of pyridine rings is 1. The molecule has 4 nitrogen and oxygen atoms in total. The molecule has 0 N–H and O–H groups in total. The van der Waals surface area contributed by atoms with Crippen molar-refractivity contribution in [3.8, 4) is 6.07 Å². The second kappa shape index (κ2) is 3.76. The van der Waals surface area contributed by atoms with E-state index in [0.29, 0.717) is 18.7 Å². The third-order valence-corrected chi connectivity index (χ3v) is 2.30. The lowest BCUT2D eigenvalue weighted by Crippen LogP contribution is -1.88. The van der Waals surface area contributed by atoms with E-state index < -0.39 is 0 Å². The maximum atomic E-state index is 8.43. The highest BCUT2D eigenvalue weighted by Gasteiger charge is 2.02. The van der Waals surface area contributed by atoms with Crippen LogP contribution in [0.2, 0.25) is 0 Å². The van der Waals surface area contributed by atoms with Crippen LogP contribution in [0.5, 0.6) is 0 Å². The van der Waals surface area contributed by atoms with Crippen LogP contribution >= 0.6 is 15.9 Å². The van der Waals surface area contributed by atoms with E-state index in [1.165, 1.54) is 0 Å².